The van der Waals surface area contributed by atoms with Crippen molar-refractivity contribution in [3.63, 3.8) is 0 Å². The van der Waals surface area contributed by atoms with E-state index in [0.717, 1.165) is 35.1 Å². The molecule has 0 aliphatic heterocycles. The molecule has 0 radical (unpaired) electrons. The zero-order valence-electron chi connectivity index (χ0n) is 19.3. The third kappa shape index (κ3) is 10.2. The van der Waals surface area contributed by atoms with Crippen molar-refractivity contribution in [2.24, 2.45) is 11.8 Å². The summed E-state index contributed by atoms with van der Waals surface area (Å²) in [6.45, 7) is 26.1. The van der Waals surface area contributed by atoms with Crippen LogP contribution in [0.1, 0.15) is 40.5 Å². The van der Waals surface area contributed by atoms with E-state index in [1.54, 1.807) is 14.2 Å². The van der Waals surface area contributed by atoms with Crippen molar-refractivity contribution in [2.75, 3.05) is 27.4 Å². The smallest absolute Gasteiger partial charge is 0.161 e. The third-order valence-corrected chi connectivity index (χ3v) is 4.84. The molecule has 0 heterocycles. The Morgan fingerprint density at radius 1 is 0.931 bits per heavy atom. The van der Waals surface area contributed by atoms with Gasteiger partial charge in [-0.1, -0.05) is 78.7 Å². The van der Waals surface area contributed by atoms with Crippen molar-refractivity contribution >= 4 is 0 Å². The molecule has 0 aliphatic rings. The molecule has 0 amide bonds. The molecule has 0 bridgehead atoms. The first kappa shape index (κ1) is 26.7. The SMILES string of the molecule is C=C(/C=C(/OCCOC)C(=C)OC)C(=C)/C(=C\C(=C)C(C)/C=C\C(C)CC)CC. The van der Waals surface area contributed by atoms with E-state index >= 15 is 0 Å². The first-order chi connectivity index (χ1) is 13.7. The highest BCUT2D eigenvalue weighted by Crippen LogP contribution is 2.26. The lowest BCUT2D eigenvalue weighted by Crippen LogP contribution is -2.05. The van der Waals surface area contributed by atoms with Gasteiger partial charge in [-0.25, -0.2) is 0 Å². The predicted molar refractivity (Wildman–Crippen MR) is 126 cm³/mol. The summed E-state index contributed by atoms with van der Waals surface area (Å²) in [5.41, 5.74) is 3.75. The molecule has 162 valence electrons. The number of hydrogen-bond acceptors (Lipinski definition) is 3. The minimum absolute atomic E-state index is 0.267. The zero-order valence-corrected chi connectivity index (χ0v) is 19.3. The third-order valence-electron chi connectivity index (χ3n) is 4.84. The maximum Gasteiger partial charge on any atom is 0.161 e. The number of allylic oxidation sites excluding steroid dienone is 8. The van der Waals surface area contributed by atoms with Crippen molar-refractivity contribution < 1.29 is 14.2 Å². The van der Waals surface area contributed by atoms with Gasteiger partial charge >= 0.3 is 0 Å². The highest BCUT2D eigenvalue weighted by molar-refractivity contribution is 5.52. The lowest BCUT2D eigenvalue weighted by molar-refractivity contribution is 0.102. The van der Waals surface area contributed by atoms with Crippen LogP contribution in [0.5, 0.6) is 0 Å². The first-order valence-electron chi connectivity index (χ1n) is 10.2. The van der Waals surface area contributed by atoms with Gasteiger partial charge in [0.1, 0.15) is 6.61 Å². The van der Waals surface area contributed by atoms with Crippen LogP contribution in [0.4, 0.5) is 0 Å². The summed E-state index contributed by atoms with van der Waals surface area (Å²) in [5.74, 6) is 1.80. The molecule has 0 aromatic rings. The summed E-state index contributed by atoms with van der Waals surface area (Å²) in [6, 6.07) is 0. The lowest BCUT2D eigenvalue weighted by Gasteiger charge is -2.16. The molecule has 2 unspecified atom stereocenters. The molecule has 0 saturated carbocycles. The summed E-state index contributed by atoms with van der Waals surface area (Å²) in [6.07, 6.45) is 10.4. The minimum atomic E-state index is 0.267. The van der Waals surface area contributed by atoms with E-state index < -0.39 is 0 Å². The van der Waals surface area contributed by atoms with Gasteiger partial charge in [-0.3, -0.25) is 0 Å². The molecule has 0 aliphatic carbocycles. The lowest BCUT2D eigenvalue weighted by atomic mass is 9.92. The van der Waals surface area contributed by atoms with Gasteiger partial charge in [0.15, 0.2) is 11.5 Å². The van der Waals surface area contributed by atoms with Gasteiger partial charge in [0.25, 0.3) is 0 Å². The molecular formula is C26H40O3. The van der Waals surface area contributed by atoms with Gasteiger partial charge in [-0.15, -0.1) is 0 Å². The number of methoxy groups -OCH3 is 2. The molecule has 0 spiro atoms. The van der Waals surface area contributed by atoms with E-state index in [1.165, 1.54) is 0 Å². The molecule has 0 saturated heterocycles. The summed E-state index contributed by atoms with van der Waals surface area (Å²) in [7, 11) is 3.19. The van der Waals surface area contributed by atoms with E-state index in [-0.39, 0.29) is 5.92 Å². The number of ether oxygens (including phenoxy) is 3. The summed E-state index contributed by atoms with van der Waals surface area (Å²) >= 11 is 0. The Morgan fingerprint density at radius 3 is 2.10 bits per heavy atom. The fourth-order valence-corrected chi connectivity index (χ4v) is 2.36. The van der Waals surface area contributed by atoms with Gasteiger partial charge in [-0.05, 0) is 46.6 Å². The molecule has 0 rings (SSSR count). The highest BCUT2D eigenvalue weighted by Gasteiger charge is 2.11. The quantitative estimate of drug-likeness (QED) is 0.129. The molecular weight excluding hydrogens is 360 g/mol. The van der Waals surface area contributed by atoms with Crippen LogP contribution < -0.4 is 0 Å². The van der Waals surface area contributed by atoms with Gasteiger partial charge in [0, 0.05) is 7.11 Å². The van der Waals surface area contributed by atoms with Crippen molar-refractivity contribution in [2.45, 2.75) is 40.5 Å². The van der Waals surface area contributed by atoms with Gasteiger partial charge < -0.3 is 14.2 Å². The van der Waals surface area contributed by atoms with E-state index in [2.05, 4.69) is 72.2 Å². The van der Waals surface area contributed by atoms with E-state index in [0.29, 0.717) is 30.6 Å². The second-order valence-corrected chi connectivity index (χ2v) is 7.14. The van der Waals surface area contributed by atoms with Crippen LogP contribution in [0, 0.1) is 11.8 Å². The highest BCUT2D eigenvalue weighted by atomic mass is 16.5. The van der Waals surface area contributed by atoms with E-state index in [4.69, 9.17) is 14.2 Å². The van der Waals surface area contributed by atoms with Gasteiger partial charge in [-0.2, -0.15) is 0 Å². The average molecular weight is 401 g/mol. The summed E-state index contributed by atoms with van der Waals surface area (Å²) < 4.78 is 16.0. The molecule has 29 heavy (non-hydrogen) atoms. The molecule has 0 fully saturated rings. The Balaban J connectivity index is 5.41. The molecule has 3 heteroatoms. The first-order valence-corrected chi connectivity index (χ1v) is 10.2. The van der Waals surface area contributed by atoms with Crippen LogP contribution in [0.15, 0.2) is 84.4 Å². The molecule has 2 atom stereocenters. The van der Waals surface area contributed by atoms with E-state index in [1.807, 2.05) is 6.08 Å². The number of hydrogen-bond donors (Lipinski definition) is 0. The van der Waals surface area contributed by atoms with Crippen molar-refractivity contribution in [3.05, 3.63) is 84.4 Å². The maximum atomic E-state index is 5.72. The van der Waals surface area contributed by atoms with Crippen LogP contribution in [0.25, 0.3) is 0 Å². The Labute approximate surface area is 178 Å². The average Bonchev–Trinajstić information content (AvgIpc) is 2.73. The summed E-state index contributed by atoms with van der Waals surface area (Å²) in [5, 5.41) is 0. The van der Waals surface area contributed by atoms with Crippen LogP contribution in [0.2, 0.25) is 0 Å². The largest absolute Gasteiger partial charge is 0.493 e. The Kier molecular flexibility index (Phi) is 13.6. The zero-order chi connectivity index (χ0) is 22.4. The van der Waals surface area contributed by atoms with Gasteiger partial charge in [0.2, 0.25) is 0 Å². The Morgan fingerprint density at radius 2 is 1.59 bits per heavy atom. The van der Waals surface area contributed by atoms with Crippen LogP contribution in [0.3, 0.4) is 0 Å². The van der Waals surface area contributed by atoms with Crippen molar-refractivity contribution in [1.82, 2.24) is 0 Å². The fraction of sp³-hybridized carbons (Fsp3) is 0.462. The molecule has 3 nitrogen and oxygen atoms in total. The normalized spacial score (nSPS) is 14.4. The second kappa shape index (κ2) is 14.7. The van der Waals surface area contributed by atoms with Crippen LogP contribution >= 0.6 is 0 Å². The minimum Gasteiger partial charge on any atom is -0.493 e. The maximum absolute atomic E-state index is 5.72. The Hall–Kier alpha value is -2.26. The van der Waals surface area contributed by atoms with Crippen molar-refractivity contribution in [3.8, 4) is 0 Å². The van der Waals surface area contributed by atoms with Crippen LogP contribution in [-0.4, -0.2) is 27.4 Å². The number of rotatable bonds is 15. The van der Waals surface area contributed by atoms with E-state index in [9.17, 15) is 0 Å². The predicted octanol–water partition coefficient (Wildman–Crippen LogP) is 6.94. The van der Waals surface area contributed by atoms with Gasteiger partial charge in [0.05, 0.1) is 13.7 Å². The molecule has 0 aromatic heterocycles. The summed E-state index contributed by atoms with van der Waals surface area (Å²) in [4.78, 5) is 0. The molecule has 0 aromatic carbocycles. The van der Waals surface area contributed by atoms with Crippen LogP contribution in [-0.2, 0) is 14.2 Å². The second-order valence-electron chi connectivity index (χ2n) is 7.14. The standard InChI is InChI=1S/C26H40O3/c1-11-19(3)13-14-20(4)21(5)17-25(12-2)23(7)22(6)18-26(24(8)28-10)29-16-15-27-9/h13-14,17-20H,5-8,11-12,15-16H2,1-4,9-10H3/b14-13-,25-17-,26-18+. The Bertz CT molecular complexity index is 661. The van der Waals surface area contributed by atoms with Crippen molar-refractivity contribution in [1.29, 1.82) is 0 Å². The topological polar surface area (TPSA) is 27.7 Å². The monoisotopic (exact) mass is 400 g/mol. The molecule has 0 N–H and O–H groups in total. The fourth-order valence-electron chi connectivity index (χ4n) is 2.36.